The molecule has 154 valence electrons. The molecular formula is C23H39NO3. The number of amides is 1. The minimum absolute atomic E-state index is 0.0191. The van der Waals surface area contributed by atoms with Gasteiger partial charge >= 0.3 is 5.97 Å². The van der Waals surface area contributed by atoms with Gasteiger partial charge in [-0.3, -0.25) is 4.79 Å². The van der Waals surface area contributed by atoms with Gasteiger partial charge in [0.15, 0.2) is 0 Å². The van der Waals surface area contributed by atoms with E-state index in [0.29, 0.717) is 19.4 Å². The van der Waals surface area contributed by atoms with Crippen LogP contribution in [0.1, 0.15) is 96.8 Å². The summed E-state index contributed by atoms with van der Waals surface area (Å²) in [5.41, 5.74) is 0. The lowest BCUT2D eigenvalue weighted by atomic mass is 10.1. The minimum Gasteiger partial charge on any atom is -0.480 e. The second kappa shape index (κ2) is 15.5. The molecule has 1 aliphatic heterocycles. The maximum absolute atomic E-state index is 12.1. The third kappa shape index (κ3) is 11.0. The zero-order valence-corrected chi connectivity index (χ0v) is 17.2. The number of unbranched alkanes of at least 4 members (excludes halogenated alkanes) is 8. The number of likely N-dealkylation sites (tertiary alicyclic amines) is 1. The van der Waals surface area contributed by atoms with Gasteiger partial charge in [0.2, 0.25) is 5.91 Å². The molecule has 0 radical (unpaired) electrons. The molecule has 0 bridgehead atoms. The molecule has 1 unspecified atom stereocenters. The van der Waals surface area contributed by atoms with Gasteiger partial charge in [-0.1, -0.05) is 63.3 Å². The quantitative estimate of drug-likeness (QED) is 0.286. The van der Waals surface area contributed by atoms with Crippen LogP contribution >= 0.6 is 0 Å². The van der Waals surface area contributed by atoms with Crippen LogP contribution in [0, 0.1) is 0 Å². The number of aliphatic carboxylic acids is 1. The fraction of sp³-hybridized carbons (Fsp3) is 0.739. The molecule has 0 saturated carbocycles. The van der Waals surface area contributed by atoms with Gasteiger partial charge in [-0.05, 0) is 51.4 Å². The summed E-state index contributed by atoms with van der Waals surface area (Å²) in [4.78, 5) is 24.8. The molecule has 1 rings (SSSR count). The van der Waals surface area contributed by atoms with Crippen LogP contribution in [-0.4, -0.2) is 34.5 Å². The predicted molar refractivity (Wildman–Crippen MR) is 112 cm³/mol. The summed E-state index contributed by atoms with van der Waals surface area (Å²) in [5.74, 6) is -0.841. The second-order valence-corrected chi connectivity index (χ2v) is 7.56. The van der Waals surface area contributed by atoms with Crippen molar-refractivity contribution in [1.82, 2.24) is 4.90 Å². The van der Waals surface area contributed by atoms with Crippen molar-refractivity contribution >= 4 is 11.9 Å². The predicted octanol–water partition coefficient (Wildman–Crippen LogP) is 5.88. The van der Waals surface area contributed by atoms with Gasteiger partial charge < -0.3 is 10.0 Å². The standard InChI is InChI=1S/C23H39NO3/c1-2-3-4-5-6-7-8-9-10-11-12-13-14-15-16-19-22(25)24-20-17-18-21(24)23(26)27/h6-7,9-10,21H,2-5,8,11-20H2,1H3,(H,26,27)/b7-6-,10-9-. The fourth-order valence-corrected chi connectivity index (χ4v) is 3.55. The van der Waals surface area contributed by atoms with Gasteiger partial charge in [-0.25, -0.2) is 4.79 Å². The number of carbonyl (C=O) groups excluding carboxylic acids is 1. The van der Waals surface area contributed by atoms with E-state index in [1.54, 1.807) is 4.90 Å². The van der Waals surface area contributed by atoms with Crippen LogP contribution < -0.4 is 0 Å². The maximum Gasteiger partial charge on any atom is 0.326 e. The zero-order valence-electron chi connectivity index (χ0n) is 17.2. The molecule has 0 aromatic heterocycles. The fourth-order valence-electron chi connectivity index (χ4n) is 3.55. The molecule has 0 aromatic carbocycles. The number of allylic oxidation sites excluding steroid dienone is 4. The Hall–Kier alpha value is -1.58. The summed E-state index contributed by atoms with van der Waals surface area (Å²) in [6, 6.07) is -0.588. The van der Waals surface area contributed by atoms with Gasteiger partial charge in [-0.2, -0.15) is 0 Å². The SMILES string of the molecule is CCCCC/C=C\C/C=C\CCCCCCCC(=O)N1CCCC1C(=O)O. The molecule has 1 saturated heterocycles. The third-order valence-corrected chi connectivity index (χ3v) is 5.20. The Labute approximate surface area is 165 Å². The summed E-state index contributed by atoms with van der Waals surface area (Å²) in [7, 11) is 0. The zero-order chi connectivity index (χ0) is 19.7. The maximum atomic E-state index is 12.1. The monoisotopic (exact) mass is 377 g/mol. The molecule has 1 heterocycles. The van der Waals surface area contributed by atoms with E-state index in [1.807, 2.05) is 0 Å². The van der Waals surface area contributed by atoms with Crippen LogP contribution in [0.4, 0.5) is 0 Å². The first-order chi connectivity index (χ1) is 13.2. The Morgan fingerprint density at radius 2 is 1.56 bits per heavy atom. The molecule has 1 fully saturated rings. The van der Waals surface area contributed by atoms with E-state index in [4.69, 9.17) is 5.11 Å². The Morgan fingerprint density at radius 1 is 0.926 bits per heavy atom. The van der Waals surface area contributed by atoms with E-state index >= 15 is 0 Å². The molecule has 0 aromatic rings. The average Bonchev–Trinajstić information content (AvgIpc) is 3.15. The van der Waals surface area contributed by atoms with Crippen molar-refractivity contribution in [1.29, 1.82) is 0 Å². The van der Waals surface area contributed by atoms with Gasteiger partial charge in [0.25, 0.3) is 0 Å². The highest BCUT2D eigenvalue weighted by atomic mass is 16.4. The third-order valence-electron chi connectivity index (χ3n) is 5.20. The number of carboxylic acids is 1. The van der Waals surface area contributed by atoms with E-state index in [-0.39, 0.29) is 5.91 Å². The molecule has 1 aliphatic rings. The summed E-state index contributed by atoms with van der Waals surface area (Å²) >= 11 is 0. The van der Waals surface area contributed by atoms with Crippen molar-refractivity contribution in [3.63, 3.8) is 0 Å². The van der Waals surface area contributed by atoms with E-state index < -0.39 is 12.0 Å². The molecule has 4 heteroatoms. The number of hydrogen-bond donors (Lipinski definition) is 1. The summed E-state index contributed by atoms with van der Waals surface area (Å²) in [6.07, 6.45) is 23.8. The smallest absolute Gasteiger partial charge is 0.326 e. The Kier molecular flexibility index (Phi) is 13.4. The van der Waals surface area contributed by atoms with E-state index in [1.165, 1.54) is 38.5 Å². The number of nitrogens with zero attached hydrogens (tertiary/aromatic N) is 1. The van der Waals surface area contributed by atoms with Crippen LogP contribution in [0.25, 0.3) is 0 Å². The molecule has 0 aliphatic carbocycles. The van der Waals surface area contributed by atoms with Gasteiger partial charge in [-0.15, -0.1) is 0 Å². The highest BCUT2D eigenvalue weighted by Gasteiger charge is 2.33. The largest absolute Gasteiger partial charge is 0.480 e. The van der Waals surface area contributed by atoms with Crippen molar-refractivity contribution in [3.8, 4) is 0 Å². The number of carboxylic acid groups (broad SMARTS) is 1. The summed E-state index contributed by atoms with van der Waals surface area (Å²) < 4.78 is 0. The lowest BCUT2D eigenvalue weighted by Gasteiger charge is -2.21. The molecule has 1 amide bonds. The molecule has 4 nitrogen and oxygen atoms in total. The molecule has 1 atom stereocenters. The highest BCUT2D eigenvalue weighted by molar-refractivity contribution is 5.84. The number of rotatable bonds is 15. The first-order valence-corrected chi connectivity index (χ1v) is 11.0. The minimum atomic E-state index is -0.860. The molecule has 27 heavy (non-hydrogen) atoms. The van der Waals surface area contributed by atoms with Crippen LogP contribution in [0.3, 0.4) is 0 Å². The van der Waals surface area contributed by atoms with Crippen molar-refractivity contribution in [2.24, 2.45) is 0 Å². The topological polar surface area (TPSA) is 57.6 Å². The Morgan fingerprint density at radius 3 is 2.22 bits per heavy atom. The van der Waals surface area contributed by atoms with Gasteiger partial charge in [0.05, 0.1) is 0 Å². The molecular weight excluding hydrogens is 338 g/mol. The van der Waals surface area contributed by atoms with E-state index in [0.717, 1.165) is 38.5 Å². The van der Waals surface area contributed by atoms with Crippen molar-refractivity contribution in [3.05, 3.63) is 24.3 Å². The average molecular weight is 378 g/mol. The first kappa shape index (κ1) is 23.5. The number of hydrogen-bond acceptors (Lipinski definition) is 2. The normalized spacial score (nSPS) is 17.4. The Bertz CT molecular complexity index is 470. The van der Waals surface area contributed by atoms with Gasteiger partial charge in [0.1, 0.15) is 6.04 Å². The highest BCUT2D eigenvalue weighted by Crippen LogP contribution is 2.19. The van der Waals surface area contributed by atoms with Crippen molar-refractivity contribution in [2.45, 2.75) is 103 Å². The van der Waals surface area contributed by atoms with E-state index in [2.05, 4.69) is 31.2 Å². The molecule has 0 spiro atoms. The number of carbonyl (C=O) groups is 2. The summed E-state index contributed by atoms with van der Waals surface area (Å²) in [6.45, 7) is 2.84. The summed E-state index contributed by atoms with van der Waals surface area (Å²) in [5, 5.41) is 9.13. The lowest BCUT2D eigenvalue weighted by Crippen LogP contribution is -2.40. The Balaban J connectivity index is 1.93. The van der Waals surface area contributed by atoms with Crippen LogP contribution in [0.5, 0.6) is 0 Å². The van der Waals surface area contributed by atoms with Crippen LogP contribution in [0.2, 0.25) is 0 Å². The van der Waals surface area contributed by atoms with Crippen molar-refractivity contribution in [2.75, 3.05) is 6.54 Å². The van der Waals surface area contributed by atoms with Crippen LogP contribution in [0.15, 0.2) is 24.3 Å². The first-order valence-electron chi connectivity index (χ1n) is 11.0. The van der Waals surface area contributed by atoms with E-state index in [9.17, 15) is 9.59 Å². The second-order valence-electron chi connectivity index (χ2n) is 7.56. The van der Waals surface area contributed by atoms with Crippen molar-refractivity contribution < 1.29 is 14.7 Å². The van der Waals surface area contributed by atoms with Crippen LogP contribution in [-0.2, 0) is 9.59 Å². The lowest BCUT2D eigenvalue weighted by molar-refractivity contribution is -0.148. The van der Waals surface area contributed by atoms with Gasteiger partial charge in [0, 0.05) is 13.0 Å². The molecule has 1 N–H and O–H groups in total.